The van der Waals surface area contributed by atoms with Gasteiger partial charge in [-0.3, -0.25) is 0 Å². The Morgan fingerprint density at radius 3 is 0.747 bits per heavy atom. The SMILES string of the molecule is N#Cc1cccc(N(c2cc(N(c3cccc(C#N)c3)c3ccc4ccccc4c3)cc(-n3c4ccc(N(c5cccc(C#N)c5)c5ccc6ccccc6c5)cc4c4cc(N(c5cccc(C#N)c5)c5ccc6ccccc6c5)ccc43)c2)c2ccc3ccccc3c2)c1. The smallest absolute Gasteiger partial charge is 0.0992 e. The fraction of sp³-hybridized carbons (Fsp3) is 0. The van der Waals surface area contributed by atoms with E-state index < -0.39 is 0 Å². The molecule has 16 rings (SSSR count). The van der Waals surface area contributed by atoms with Gasteiger partial charge in [0.25, 0.3) is 0 Å². The Labute approximate surface area is 549 Å². The van der Waals surface area contributed by atoms with E-state index in [0.29, 0.717) is 22.3 Å². The van der Waals surface area contributed by atoms with Crippen molar-refractivity contribution in [1.82, 2.24) is 4.57 Å². The van der Waals surface area contributed by atoms with Crippen LogP contribution in [0.3, 0.4) is 0 Å². The fourth-order valence-electron chi connectivity index (χ4n) is 13.4. The Bertz CT molecular complexity index is 5580. The molecule has 0 fully saturated rings. The molecule has 0 aliphatic carbocycles. The lowest BCUT2D eigenvalue weighted by Gasteiger charge is -2.31. The van der Waals surface area contributed by atoms with Gasteiger partial charge in [-0.25, -0.2) is 0 Å². The summed E-state index contributed by atoms with van der Waals surface area (Å²) in [7, 11) is 0. The number of aromatic nitrogens is 1. The molecule has 15 aromatic carbocycles. The molecule has 1 heterocycles. The normalized spacial score (nSPS) is 11.1. The van der Waals surface area contributed by atoms with Gasteiger partial charge in [0.15, 0.2) is 0 Å². The number of benzene rings is 15. The highest BCUT2D eigenvalue weighted by atomic mass is 15.2. The summed E-state index contributed by atoms with van der Waals surface area (Å²) in [6.07, 6.45) is 0. The van der Waals surface area contributed by atoms with E-state index >= 15 is 0 Å². The number of hydrogen-bond donors (Lipinski definition) is 0. The Morgan fingerprint density at radius 1 is 0.200 bits per heavy atom. The highest BCUT2D eigenvalue weighted by Crippen LogP contribution is 2.48. The lowest BCUT2D eigenvalue weighted by atomic mass is 10.1. The molecule has 95 heavy (non-hydrogen) atoms. The van der Waals surface area contributed by atoms with E-state index in [-0.39, 0.29) is 0 Å². The predicted octanol–water partition coefficient (Wildman–Crippen LogP) is 22.8. The van der Waals surface area contributed by atoms with Crippen LogP contribution in [0.25, 0.3) is 70.6 Å². The fourth-order valence-corrected chi connectivity index (χ4v) is 13.4. The Morgan fingerprint density at radius 2 is 0.453 bits per heavy atom. The number of rotatable bonds is 13. The highest BCUT2D eigenvalue weighted by Gasteiger charge is 2.26. The van der Waals surface area contributed by atoms with Gasteiger partial charge in [-0.15, -0.1) is 0 Å². The summed E-state index contributed by atoms with van der Waals surface area (Å²) < 4.78 is 2.34. The second-order valence-electron chi connectivity index (χ2n) is 23.6. The number of hydrogen-bond acceptors (Lipinski definition) is 8. The molecule has 0 aliphatic heterocycles. The molecule has 0 aliphatic rings. The summed E-state index contributed by atoms with van der Waals surface area (Å²) in [5.41, 5.74) is 14.9. The van der Waals surface area contributed by atoms with Crippen LogP contribution in [0.1, 0.15) is 22.3 Å². The van der Waals surface area contributed by atoms with Crippen molar-refractivity contribution in [2.45, 2.75) is 0 Å². The van der Waals surface area contributed by atoms with E-state index in [1.807, 2.05) is 109 Å². The summed E-state index contributed by atoms with van der Waals surface area (Å²) in [4.78, 5) is 8.89. The van der Waals surface area contributed by atoms with E-state index in [1.165, 1.54) is 0 Å². The van der Waals surface area contributed by atoms with Gasteiger partial charge in [0, 0.05) is 67.6 Å². The van der Waals surface area contributed by atoms with Crippen LogP contribution in [0, 0.1) is 45.3 Å². The molecule has 0 spiro atoms. The lowest BCUT2D eigenvalue weighted by Crippen LogP contribution is -2.14. The summed E-state index contributed by atoms with van der Waals surface area (Å²) >= 11 is 0. The van der Waals surface area contributed by atoms with Crippen molar-refractivity contribution in [2.75, 3.05) is 19.6 Å². The maximum absolute atomic E-state index is 10.5. The van der Waals surface area contributed by atoms with E-state index in [9.17, 15) is 21.0 Å². The average Bonchev–Trinajstić information content (AvgIpc) is 1.61. The standard InChI is InChI=1S/C86H53N9/c87-54-58-13-9-25-70(41-58)91(74-33-29-62-17-1-5-21-66(62)45-74)78-37-39-85-83(52-78)84-53-79(92(71-26-10-14-59(42-71)55-88)75-34-30-63-18-2-6-22-67(63)46-75)38-40-86(84)95(85)82-50-80(93(72-27-11-15-60(43-72)56-89)76-35-31-64-19-3-7-23-68(64)47-76)49-81(51-82)94(73-28-12-16-61(44-73)57-90)77-36-32-65-20-4-8-24-69(65)48-77/h1-53H. The minimum Gasteiger partial charge on any atom is -0.310 e. The number of nitrogens with zero attached hydrogens (tertiary/aromatic N) is 9. The molecule has 0 atom stereocenters. The first kappa shape index (κ1) is 56.5. The first-order valence-corrected chi connectivity index (χ1v) is 31.3. The first-order valence-electron chi connectivity index (χ1n) is 31.3. The number of nitriles is 4. The summed E-state index contributed by atoms with van der Waals surface area (Å²) in [5, 5.41) is 52.4. The molecule has 9 heteroatoms. The maximum Gasteiger partial charge on any atom is 0.0992 e. The molecule has 0 unspecified atom stereocenters. The zero-order valence-electron chi connectivity index (χ0n) is 51.1. The van der Waals surface area contributed by atoms with E-state index in [2.05, 4.69) is 261 Å². The van der Waals surface area contributed by atoms with Crippen LogP contribution < -0.4 is 19.6 Å². The summed E-state index contributed by atoms with van der Waals surface area (Å²) in [6.45, 7) is 0. The van der Waals surface area contributed by atoms with Gasteiger partial charge >= 0.3 is 0 Å². The van der Waals surface area contributed by atoms with E-state index in [4.69, 9.17) is 0 Å². The van der Waals surface area contributed by atoms with Gasteiger partial charge in [0.1, 0.15) is 0 Å². The van der Waals surface area contributed by atoms with Gasteiger partial charge in [-0.2, -0.15) is 21.0 Å². The Hall–Kier alpha value is -13.7. The van der Waals surface area contributed by atoms with Crippen molar-refractivity contribution in [1.29, 1.82) is 21.0 Å². The van der Waals surface area contributed by atoms with Crippen LogP contribution in [0.4, 0.5) is 68.2 Å². The van der Waals surface area contributed by atoms with Gasteiger partial charge in [-0.1, -0.05) is 146 Å². The number of fused-ring (bicyclic) bond motifs is 7. The van der Waals surface area contributed by atoms with Crippen molar-refractivity contribution in [3.05, 3.63) is 344 Å². The molecule has 442 valence electrons. The molecule has 0 bridgehead atoms. The lowest BCUT2D eigenvalue weighted by molar-refractivity contribution is 1.16. The molecule has 1 aromatic heterocycles. The third-order valence-electron chi connectivity index (χ3n) is 17.8. The second kappa shape index (κ2) is 23.9. The van der Waals surface area contributed by atoms with Crippen LogP contribution >= 0.6 is 0 Å². The van der Waals surface area contributed by atoms with Gasteiger partial charge in [0.05, 0.1) is 74.6 Å². The molecule has 0 amide bonds. The quantitative estimate of drug-likeness (QED) is 0.112. The van der Waals surface area contributed by atoms with Crippen LogP contribution in [0.5, 0.6) is 0 Å². The van der Waals surface area contributed by atoms with Crippen molar-refractivity contribution >= 4 is 133 Å². The predicted molar refractivity (Wildman–Crippen MR) is 388 cm³/mol. The van der Waals surface area contributed by atoms with E-state index in [0.717, 1.165) is 139 Å². The first-order chi connectivity index (χ1) is 46.8. The Kier molecular flexibility index (Phi) is 14.2. The maximum atomic E-state index is 10.5. The summed E-state index contributed by atoms with van der Waals surface area (Å²) in [5.74, 6) is 0. The van der Waals surface area contributed by atoms with Gasteiger partial charge < -0.3 is 24.2 Å². The van der Waals surface area contributed by atoms with Crippen molar-refractivity contribution in [3.63, 3.8) is 0 Å². The monoisotopic (exact) mass is 1210 g/mol. The molecule has 0 saturated carbocycles. The van der Waals surface area contributed by atoms with Crippen molar-refractivity contribution in [2.24, 2.45) is 0 Å². The minimum absolute atomic E-state index is 0.513. The zero-order valence-corrected chi connectivity index (χ0v) is 51.1. The average molecular weight is 1210 g/mol. The third-order valence-corrected chi connectivity index (χ3v) is 17.8. The molecular formula is C86H53N9. The van der Waals surface area contributed by atoms with E-state index in [1.54, 1.807) is 0 Å². The number of anilines is 12. The van der Waals surface area contributed by atoms with Gasteiger partial charge in [-0.05, 0) is 219 Å². The minimum atomic E-state index is 0.513. The molecule has 16 aromatic rings. The zero-order chi connectivity index (χ0) is 63.9. The molecule has 0 N–H and O–H groups in total. The molecule has 0 saturated heterocycles. The molecular weight excluding hydrogens is 1160 g/mol. The summed E-state index contributed by atoms with van der Waals surface area (Å²) in [6, 6.07) is 120. The molecule has 9 nitrogen and oxygen atoms in total. The van der Waals surface area contributed by atoms with Crippen LogP contribution in [0.2, 0.25) is 0 Å². The molecule has 0 radical (unpaired) electrons. The second-order valence-corrected chi connectivity index (χ2v) is 23.6. The van der Waals surface area contributed by atoms with Crippen LogP contribution in [-0.4, -0.2) is 4.57 Å². The van der Waals surface area contributed by atoms with Gasteiger partial charge in [0.2, 0.25) is 0 Å². The van der Waals surface area contributed by atoms with Crippen molar-refractivity contribution < 1.29 is 0 Å². The third kappa shape index (κ3) is 10.5. The van der Waals surface area contributed by atoms with Crippen LogP contribution in [0.15, 0.2) is 322 Å². The highest BCUT2D eigenvalue weighted by molar-refractivity contribution is 6.13. The topological polar surface area (TPSA) is 113 Å². The Balaban J connectivity index is 1.01. The van der Waals surface area contributed by atoms with Crippen molar-refractivity contribution in [3.8, 4) is 30.0 Å². The van der Waals surface area contributed by atoms with Crippen LogP contribution in [-0.2, 0) is 0 Å². The largest absolute Gasteiger partial charge is 0.310 e.